The molecule has 1 aliphatic carbocycles. The number of nitrogens with one attached hydrogen (secondary N) is 1. The van der Waals surface area contributed by atoms with Gasteiger partial charge in [0.05, 0.1) is 5.25 Å². The molecule has 0 aromatic carbocycles. The molecule has 1 aromatic heterocycles. The number of carbonyl (C=O) groups excluding carboxylic acids is 1. The van der Waals surface area contributed by atoms with E-state index in [1.165, 1.54) is 54.4 Å². The minimum Gasteiger partial charge on any atom is -0.355 e. The Morgan fingerprint density at radius 2 is 2.35 bits per heavy atom. The Hall–Kier alpha value is -0.880. The fourth-order valence-corrected chi connectivity index (χ4v) is 4.14. The minimum atomic E-state index is -0.123. The van der Waals surface area contributed by atoms with E-state index in [0.717, 1.165) is 22.3 Å². The summed E-state index contributed by atoms with van der Waals surface area (Å²) in [6, 6.07) is 0. The third-order valence-electron chi connectivity index (χ3n) is 3.28. The Balaban J connectivity index is 1.69. The first kappa shape index (κ1) is 15.5. The van der Waals surface area contributed by atoms with Crippen LogP contribution in [0.1, 0.15) is 44.0 Å². The van der Waals surface area contributed by atoms with Crippen LogP contribution < -0.4 is 5.32 Å². The van der Waals surface area contributed by atoms with Crippen molar-refractivity contribution in [1.82, 2.24) is 15.5 Å². The lowest BCUT2D eigenvalue weighted by Crippen LogP contribution is -2.31. The van der Waals surface area contributed by atoms with E-state index in [2.05, 4.69) is 21.6 Å². The normalized spacial score (nSPS) is 16.6. The number of hydrogen-bond acceptors (Lipinski definition) is 5. The van der Waals surface area contributed by atoms with Crippen LogP contribution in [0.4, 0.5) is 0 Å². The molecule has 1 heterocycles. The van der Waals surface area contributed by atoms with E-state index in [0.29, 0.717) is 0 Å². The van der Waals surface area contributed by atoms with E-state index in [1.54, 1.807) is 0 Å². The van der Waals surface area contributed by atoms with Gasteiger partial charge in [0, 0.05) is 6.54 Å². The molecule has 1 amide bonds. The lowest BCUT2D eigenvalue weighted by Gasteiger charge is -2.14. The van der Waals surface area contributed by atoms with Crippen LogP contribution in [0.2, 0.25) is 0 Å². The summed E-state index contributed by atoms with van der Waals surface area (Å²) >= 11 is 3.01. The third kappa shape index (κ3) is 4.90. The fraction of sp³-hybridized carbons (Fsp3) is 0.643. The maximum atomic E-state index is 12.0. The highest BCUT2D eigenvalue weighted by Crippen LogP contribution is 2.26. The van der Waals surface area contributed by atoms with Crippen molar-refractivity contribution >= 4 is 29.0 Å². The van der Waals surface area contributed by atoms with Crippen LogP contribution >= 0.6 is 23.1 Å². The molecule has 1 aromatic rings. The van der Waals surface area contributed by atoms with Crippen LogP contribution in [0.3, 0.4) is 0 Å². The van der Waals surface area contributed by atoms with Gasteiger partial charge in [0.15, 0.2) is 4.34 Å². The van der Waals surface area contributed by atoms with Gasteiger partial charge < -0.3 is 5.32 Å². The highest BCUT2D eigenvalue weighted by atomic mass is 32.2. The Morgan fingerprint density at radius 1 is 1.50 bits per heavy atom. The molecule has 0 bridgehead atoms. The van der Waals surface area contributed by atoms with E-state index in [9.17, 15) is 4.79 Å². The highest BCUT2D eigenvalue weighted by molar-refractivity contribution is 8.02. The zero-order chi connectivity index (χ0) is 14.4. The lowest BCUT2D eigenvalue weighted by molar-refractivity contribution is -0.120. The Labute approximate surface area is 128 Å². The van der Waals surface area contributed by atoms with E-state index >= 15 is 0 Å². The molecule has 20 heavy (non-hydrogen) atoms. The summed E-state index contributed by atoms with van der Waals surface area (Å²) in [6.45, 7) is 4.58. The minimum absolute atomic E-state index is 0.0827. The van der Waals surface area contributed by atoms with E-state index in [1.807, 2.05) is 13.8 Å². The molecule has 4 nitrogen and oxygen atoms in total. The molecule has 110 valence electrons. The SMILES string of the molecule is Cc1nnc(S[C@H](C)C(=O)NCCC2=CCCCC2)s1. The molecule has 0 saturated carbocycles. The second-order valence-corrected chi connectivity index (χ2v) is 7.77. The van der Waals surface area contributed by atoms with Crippen LogP contribution in [0.25, 0.3) is 0 Å². The number of rotatable bonds is 6. The van der Waals surface area contributed by atoms with Gasteiger partial charge in [0.25, 0.3) is 0 Å². The van der Waals surface area contributed by atoms with E-state index < -0.39 is 0 Å². The predicted octanol–water partition coefficient (Wildman–Crippen LogP) is 3.33. The van der Waals surface area contributed by atoms with Gasteiger partial charge in [-0.1, -0.05) is 34.7 Å². The first-order chi connectivity index (χ1) is 9.65. The Kier molecular flexibility index (Phi) is 6.04. The zero-order valence-corrected chi connectivity index (χ0v) is 13.6. The summed E-state index contributed by atoms with van der Waals surface area (Å²) < 4.78 is 0.861. The van der Waals surface area contributed by atoms with Gasteiger partial charge in [-0.25, -0.2) is 0 Å². The number of hydrogen-bond donors (Lipinski definition) is 1. The van der Waals surface area contributed by atoms with E-state index in [-0.39, 0.29) is 11.2 Å². The quantitative estimate of drug-likeness (QED) is 0.647. The van der Waals surface area contributed by atoms with Crippen molar-refractivity contribution in [2.24, 2.45) is 0 Å². The number of allylic oxidation sites excluding steroid dienone is 1. The summed E-state index contributed by atoms with van der Waals surface area (Å²) in [5.41, 5.74) is 1.50. The molecule has 0 radical (unpaired) electrons. The molecule has 1 N–H and O–H groups in total. The van der Waals surface area contributed by atoms with Crippen molar-refractivity contribution in [1.29, 1.82) is 0 Å². The molecular formula is C14H21N3OS2. The Bertz CT molecular complexity index is 485. The van der Waals surface area contributed by atoms with Crippen molar-refractivity contribution in [3.05, 3.63) is 16.7 Å². The van der Waals surface area contributed by atoms with Gasteiger partial charge >= 0.3 is 0 Å². The average molecular weight is 311 g/mol. The maximum absolute atomic E-state index is 12.0. The lowest BCUT2D eigenvalue weighted by atomic mass is 9.97. The monoisotopic (exact) mass is 311 g/mol. The van der Waals surface area contributed by atoms with Crippen molar-refractivity contribution in [3.8, 4) is 0 Å². The van der Waals surface area contributed by atoms with Gasteiger partial charge in [0.1, 0.15) is 5.01 Å². The third-order valence-corrected chi connectivity index (χ3v) is 5.31. The number of aryl methyl sites for hydroxylation is 1. The summed E-state index contributed by atoms with van der Waals surface area (Å²) in [6.07, 6.45) is 8.32. The van der Waals surface area contributed by atoms with Crippen molar-refractivity contribution in [2.75, 3.05) is 6.54 Å². The molecule has 2 rings (SSSR count). The van der Waals surface area contributed by atoms with Crippen molar-refractivity contribution in [3.63, 3.8) is 0 Å². The summed E-state index contributed by atoms with van der Waals surface area (Å²) in [5, 5.41) is 11.8. The summed E-state index contributed by atoms with van der Waals surface area (Å²) in [5.74, 6) is 0.0827. The van der Waals surface area contributed by atoms with Crippen LogP contribution in [0, 0.1) is 6.92 Å². The first-order valence-electron chi connectivity index (χ1n) is 7.07. The molecule has 0 fully saturated rings. The summed E-state index contributed by atoms with van der Waals surface area (Å²) in [7, 11) is 0. The first-order valence-corrected chi connectivity index (χ1v) is 8.77. The molecule has 0 spiro atoms. The van der Waals surface area contributed by atoms with Gasteiger partial charge in [-0.05, 0) is 46.0 Å². The van der Waals surface area contributed by atoms with Crippen LogP contribution in [-0.2, 0) is 4.79 Å². The smallest absolute Gasteiger partial charge is 0.233 e. The number of carbonyl (C=O) groups is 1. The molecule has 0 aliphatic heterocycles. The predicted molar refractivity (Wildman–Crippen MR) is 84.1 cm³/mol. The second-order valence-electron chi connectivity index (χ2n) is 5.00. The van der Waals surface area contributed by atoms with Gasteiger partial charge in [-0.3, -0.25) is 4.79 Å². The molecule has 6 heteroatoms. The van der Waals surface area contributed by atoms with Crippen LogP contribution in [0.15, 0.2) is 16.0 Å². The van der Waals surface area contributed by atoms with Crippen molar-refractivity contribution in [2.45, 2.75) is 55.5 Å². The highest BCUT2D eigenvalue weighted by Gasteiger charge is 2.16. The Morgan fingerprint density at radius 3 is 3.00 bits per heavy atom. The molecular weight excluding hydrogens is 290 g/mol. The maximum Gasteiger partial charge on any atom is 0.233 e. The average Bonchev–Trinajstić information content (AvgIpc) is 2.85. The number of nitrogens with zero attached hydrogens (tertiary/aromatic N) is 2. The number of amides is 1. The number of aromatic nitrogens is 2. The standard InChI is InChI=1S/C14H21N3OS2/c1-10(19-14-17-16-11(2)20-14)13(18)15-9-8-12-6-4-3-5-7-12/h6,10H,3-5,7-9H2,1-2H3,(H,15,18)/t10-/m1/s1. The van der Waals surface area contributed by atoms with Gasteiger partial charge in [-0.15, -0.1) is 10.2 Å². The van der Waals surface area contributed by atoms with Crippen molar-refractivity contribution < 1.29 is 4.79 Å². The molecule has 0 unspecified atom stereocenters. The zero-order valence-electron chi connectivity index (χ0n) is 12.0. The number of thioether (sulfide) groups is 1. The second kappa shape index (κ2) is 7.78. The molecule has 1 atom stereocenters. The van der Waals surface area contributed by atoms with E-state index in [4.69, 9.17) is 0 Å². The molecule has 1 aliphatic rings. The van der Waals surface area contributed by atoms with Crippen LogP contribution in [0.5, 0.6) is 0 Å². The fourth-order valence-electron chi connectivity index (χ4n) is 2.15. The largest absolute Gasteiger partial charge is 0.355 e. The molecule has 0 saturated heterocycles. The summed E-state index contributed by atoms with van der Waals surface area (Å²) in [4.78, 5) is 12.0. The topological polar surface area (TPSA) is 54.9 Å². The van der Waals surface area contributed by atoms with Gasteiger partial charge in [0.2, 0.25) is 5.91 Å². The van der Waals surface area contributed by atoms with Gasteiger partial charge in [-0.2, -0.15) is 0 Å². The van der Waals surface area contributed by atoms with Crippen LogP contribution in [-0.4, -0.2) is 27.9 Å².